The molecule has 108 valence electrons. The first-order chi connectivity index (χ1) is 9.33. The molecule has 1 aromatic carbocycles. The van der Waals surface area contributed by atoms with Crippen molar-refractivity contribution in [2.45, 2.75) is 31.8 Å². The number of sulfone groups is 1. The molecule has 0 aromatic heterocycles. The van der Waals surface area contributed by atoms with E-state index in [1.165, 1.54) is 6.92 Å². The average molecular weight is 294 g/mol. The largest absolute Gasteiger partial charge is 0.493 e. The minimum absolute atomic E-state index is 0.0605. The van der Waals surface area contributed by atoms with Crippen LogP contribution in [0.25, 0.3) is 0 Å². The molecular formula is C15H18O4S. The molecule has 2 rings (SSSR count). The van der Waals surface area contributed by atoms with Gasteiger partial charge in [-0.3, -0.25) is 4.79 Å². The molecule has 1 heterocycles. The molecule has 0 N–H and O–H groups in total. The summed E-state index contributed by atoms with van der Waals surface area (Å²) in [7, 11) is -3.41. The summed E-state index contributed by atoms with van der Waals surface area (Å²) in [5.41, 5.74) is 0.596. The molecule has 0 aliphatic carbocycles. The second-order valence-corrected chi connectivity index (χ2v) is 7.10. The van der Waals surface area contributed by atoms with Crippen molar-refractivity contribution in [3.8, 4) is 0 Å². The average Bonchev–Trinajstić information content (AvgIpc) is 2.64. The minimum Gasteiger partial charge on any atom is -0.493 e. The van der Waals surface area contributed by atoms with Gasteiger partial charge in [-0.05, 0) is 26.0 Å². The van der Waals surface area contributed by atoms with E-state index < -0.39 is 15.9 Å². The molecule has 1 aromatic rings. The molecule has 0 bridgehead atoms. The van der Waals surface area contributed by atoms with Crippen LogP contribution in [-0.2, 0) is 19.4 Å². The van der Waals surface area contributed by atoms with Gasteiger partial charge in [0.2, 0.25) is 0 Å². The fraction of sp³-hybridized carbons (Fsp3) is 0.400. The Balaban J connectivity index is 2.20. The van der Waals surface area contributed by atoms with Crippen molar-refractivity contribution in [2.24, 2.45) is 5.92 Å². The first kappa shape index (κ1) is 14.8. The molecular weight excluding hydrogens is 276 g/mol. The monoisotopic (exact) mass is 294 g/mol. The van der Waals surface area contributed by atoms with Crippen LogP contribution in [0.15, 0.2) is 46.6 Å². The molecule has 1 aliphatic rings. The van der Waals surface area contributed by atoms with Gasteiger partial charge in [-0.1, -0.05) is 25.1 Å². The molecule has 20 heavy (non-hydrogen) atoms. The van der Waals surface area contributed by atoms with E-state index in [9.17, 15) is 13.2 Å². The lowest BCUT2D eigenvalue weighted by molar-refractivity contribution is -0.114. The molecule has 2 atom stereocenters. The molecule has 1 aliphatic heterocycles. The highest BCUT2D eigenvalue weighted by molar-refractivity contribution is 7.91. The van der Waals surface area contributed by atoms with Crippen LogP contribution in [0.4, 0.5) is 0 Å². The maximum absolute atomic E-state index is 12.3. The van der Waals surface area contributed by atoms with Gasteiger partial charge >= 0.3 is 0 Å². The highest BCUT2D eigenvalue weighted by atomic mass is 32.2. The summed E-state index contributed by atoms with van der Waals surface area (Å²) < 4.78 is 30.3. The normalized spacial score (nSPS) is 22.8. The van der Waals surface area contributed by atoms with Gasteiger partial charge in [0.25, 0.3) is 0 Å². The first-order valence-corrected chi connectivity index (χ1v) is 8.14. The zero-order chi connectivity index (χ0) is 14.9. The van der Waals surface area contributed by atoms with Gasteiger partial charge in [0, 0.05) is 11.5 Å². The lowest BCUT2D eigenvalue weighted by Gasteiger charge is -2.17. The van der Waals surface area contributed by atoms with E-state index >= 15 is 0 Å². The zero-order valence-electron chi connectivity index (χ0n) is 11.8. The van der Waals surface area contributed by atoms with Crippen LogP contribution in [0.1, 0.15) is 20.8 Å². The lowest BCUT2D eigenvalue weighted by atomic mass is 9.95. The third kappa shape index (κ3) is 2.77. The van der Waals surface area contributed by atoms with Crippen LogP contribution in [-0.4, -0.2) is 26.1 Å². The number of benzene rings is 1. The molecule has 4 nitrogen and oxygen atoms in total. The Kier molecular flexibility index (Phi) is 3.99. The van der Waals surface area contributed by atoms with Crippen molar-refractivity contribution in [1.82, 2.24) is 0 Å². The summed E-state index contributed by atoms with van der Waals surface area (Å²) in [6.45, 7) is 5.02. The van der Waals surface area contributed by atoms with E-state index in [0.29, 0.717) is 11.3 Å². The number of hydrogen-bond acceptors (Lipinski definition) is 4. The van der Waals surface area contributed by atoms with E-state index in [2.05, 4.69) is 0 Å². The number of Topliss-reactive ketones (excluding diaryl/α,β-unsaturated/α-hetero) is 1. The van der Waals surface area contributed by atoms with Crippen molar-refractivity contribution in [1.29, 1.82) is 0 Å². The Morgan fingerprint density at radius 2 is 1.85 bits per heavy atom. The highest BCUT2D eigenvalue weighted by Gasteiger charge is 2.37. The van der Waals surface area contributed by atoms with E-state index in [-0.39, 0.29) is 22.3 Å². The standard InChI is InChI=1S/C15H18O4S/c1-10-14(19-12(3)15(10)11(2)16)9-20(17,18)13-7-5-4-6-8-13/h4-8,10,14H,9H2,1-3H3/t10-,14-/m0/s1. The zero-order valence-corrected chi connectivity index (χ0v) is 12.6. The minimum atomic E-state index is -3.41. The van der Waals surface area contributed by atoms with Gasteiger partial charge in [0.1, 0.15) is 11.9 Å². The third-order valence-corrected chi connectivity index (χ3v) is 5.34. The summed E-state index contributed by atoms with van der Waals surface area (Å²) in [5.74, 6) is 0.158. The number of carbonyl (C=O) groups excluding carboxylic acids is 1. The predicted molar refractivity (Wildman–Crippen MR) is 75.9 cm³/mol. The van der Waals surface area contributed by atoms with E-state index in [1.54, 1.807) is 37.3 Å². The van der Waals surface area contributed by atoms with Crippen molar-refractivity contribution < 1.29 is 17.9 Å². The Hall–Kier alpha value is -1.62. The molecule has 0 fully saturated rings. The fourth-order valence-electron chi connectivity index (χ4n) is 2.59. The van der Waals surface area contributed by atoms with Gasteiger partial charge in [0.05, 0.1) is 10.6 Å². The van der Waals surface area contributed by atoms with Gasteiger partial charge in [-0.25, -0.2) is 8.42 Å². The molecule has 5 heteroatoms. The quantitative estimate of drug-likeness (QED) is 0.855. The number of rotatable bonds is 4. The molecule has 0 radical (unpaired) electrons. The smallest absolute Gasteiger partial charge is 0.182 e. The van der Waals surface area contributed by atoms with Crippen LogP contribution in [0.5, 0.6) is 0 Å². The lowest BCUT2D eigenvalue weighted by Crippen LogP contribution is -2.27. The van der Waals surface area contributed by atoms with E-state index in [4.69, 9.17) is 4.74 Å². The maximum Gasteiger partial charge on any atom is 0.182 e. The Morgan fingerprint density at radius 1 is 1.25 bits per heavy atom. The topological polar surface area (TPSA) is 60.4 Å². The van der Waals surface area contributed by atoms with E-state index in [0.717, 1.165) is 0 Å². The Bertz CT molecular complexity index is 644. The Labute approximate surface area is 119 Å². The summed E-state index contributed by atoms with van der Waals surface area (Å²) in [6.07, 6.45) is -0.501. The number of carbonyl (C=O) groups is 1. The van der Waals surface area contributed by atoms with Crippen LogP contribution in [0.2, 0.25) is 0 Å². The number of ether oxygens (including phenoxy) is 1. The van der Waals surface area contributed by atoms with Gasteiger partial charge < -0.3 is 4.74 Å². The summed E-state index contributed by atoms with van der Waals surface area (Å²) in [5, 5.41) is 0. The van der Waals surface area contributed by atoms with Crippen molar-refractivity contribution >= 4 is 15.6 Å². The van der Waals surface area contributed by atoms with Gasteiger partial charge in [-0.2, -0.15) is 0 Å². The number of hydrogen-bond donors (Lipinski definition) is 0. The van der Waals surface area contributed by atoms with E-state index in [1.807, 2.05) is 6.92 Å². The van der Waals surface area contributed by atoms with Crippen LogP contribution in [0, 0.1) is 5.92 Å². The second kappa shape index (κ2) is 5.40. The second-order valence-electron chi connectivity index (χ2n) is 5.07. The van der Waals surface area contributed by atoms with Crippen LogP contribution in [0.3, 0.4) is 0 Å². The molecule has 0 amide bonds. The molecule has 0 spiro atoms. The summed E-state index contributed by atoms with van der Waals surface area (Å²) in [4.78, 5) is 11.8. The van der Waals surface area contributed by atoms with Gasteiger partial charge in [-0.15, -0.1) is 0 Å². The molecule has 0 unspecified atom stereocenters. The van der Waals surface area contributed by atoms with Crippen LogP contribution >= 0.6 is 0 Å². The number of allylic oxidation sites excluding steroid dienone is 1. The van der Waals surface area contributed by atoms with Crippen molar-refractivity contribution in [3.63, 3.8) is 0 Å². The first-order valence-electron chi connectivity index (χ1n) is 6.49. The van der Waals surface area contributed by atoms with Gasteiger partial charge in [0.15, 0.2) is 15.6 Å². The van der Waals surface area contributed by atoms with Crippen molar-refractivity contribution in [2.75, 3.05) is 5.75 Å². The molecule has 0 saturated carbocycles. The summed E-state index contributed by atoms with van der Waals surface area (Å²) >= 11 is 0. The Morgan fingerprint density at radius 3 is 2.35 bits per heavy atom. The summed E-state index contributed by atoms with van der Waals surface area (Å²) in [6, 6.07) is 8.29. The molecule has 0 saturated heterocycles. The predicted octanol–water partition coefficient (Wildman–Crippen LogP) is 2.36. The SMILES string of the molecule is CC(=O)C1=C(C)O[C@@H](CS(=O)(=O)c2ccccc2)[C@@H]1C. The fourth-order valence-corrected chi connectivity index (χ4v) is 4.14. The van der Waals surface area contributed by atoms with Crippen molar-refractivity contribution in [3.05, 3.63) is 41.7 Å². The number of ketones is 1. The highest BCUT2D eigenvalue weighted by Crippen LogP contribution is 2.33. The third-order valence-electron chi connectivity index (χ3n) is 3.59. The maximum atomic E-state index is 12.3. The van der Waals surface area contributed by atoms with Crippen LogP contribution < -0.4 is 0 Å².